The second kappa shape index (κ2) is 9.83. The van der Waals surface area contributed by atoms with Crippen molar-refractivity contribution in [3.05, 3.63) is 0 Å². The van der Waals surface area contributed by atoms with Crippen LogP contribution in [0, 0.1) is 11.8 Å². The minimum absolute atomic E-state index is 0. The van der Waals surface area contributed by atoms with Gasteiger partial charge in [-0.05, 0) is 37.8 Å². The van der Waals surface area contributed by atoms with Gasteiger partial charge in [-0.2, -0.15) is 0 Å². The molecule has 0 saturated carbocycles. The van der Waals surface area contributed by atoms with Crippen LogP contribution in [0.25, 0.3) is 0 Å². The van der Waals surface area contributed by atoms with Crippen molar-refractivity contribution in [2.24, 2.45) is 22.6 Å². The van der Waals surface area contributed by atoms with Crippen molar-refractivity contribution in [2.75, 3.05) is 32.7 Å². The Hall–Kier alpha value is -0.0400. The van der Waals surface area contributed by atoms with Gasteiger partial charge >= 0.3 is 0 Å². The van der Waals surface area contributed by atoms with Crippen molar-refractivity contribution < 1.29 is 0 Å². The van der Waals surface area contributed by atoms with Crippen LogP contribution < -0.4 is 11.1 Å². The van der Waals surface area contributed by atoms with E-state index in [0.717, 1.165) is 19.0 Å². The summed E-state index contributed by atoms with van der Waals surface area (Å²) in [7, 11) is 0. The Balaban J connectivity index is 0.00000289. The third kappa shape index (κ3) is 7.41. The number of likely N-dealkylation sites (tertiary alicyclic amines) is 1. The SMILES string of the molecule is CCCN1CCC(CNC(N)=NCC(C)C)C1.I. The zero-order valence-corrected chi connectivity index (χ0v) is 14.3. The first-order valence-corrected chi connectivity index (χ1v) is 6.88. The normalized spacial score (nSPS) is 21.1. The molecule has 1 saturated heterocycles. The molecular weight excluding hydrogens is 339 g/mol. The number of nitrogens with one attached hydrogen (secondary N) is 1. The van der Waals surface area contributed by atoms with E-state index in [1.54, 1.807) is 0 Å². The second-order valence-electron chi connectivity index (χ2n) is 5.46. The number of nitrogens with zero attached hydrogens (tertiary/aromatic N) is 2. The molecule has 0 aromatic heterocycles. The van der Waals surface area contributed by atoms with Gasteiger partial charge in [0, 0.05) is 19.6 Å². The van der Waals surface area contributed by atoms with E-state index in [9.17, 15) is 0 Å². The van der Waals surface area contributed by atoms with Gasteiger partial charge in [0.1, 0.15) is 0 Å². The second-order valence-corrected chi connectivity index (χ2v) is 5.46. The van der Waals surface area contributed by atoms with Crippen LogP contribution in [-0.4, -0.2) is 43.6 Å². The summed E-state index contributed by atoms with van der Waals surface area (Å²) in [6.45, 7) is 12.0. The summed E-state index contributed by atoms with van der Waals surface area (Å²) in [4.78, 5) is 6.85. The third-order valence-electron chi connectivity index (χ3n) is 3.11. The molecule has 0 bridgehead atoms. The first-order chi connectivity index (χ1) is 8.11. The van der Waals surface area contributed by atoms with Gasteiger partial charge in [-0.25, -0.2) is 0 Å². The molecule has 1 heterocycles. The maximum atomic E-state index is 5.82. The summed E-state index contributed by atoms with van der Waals surface area (Å²) in [5, 5.41) is 3.24. The minimum Gasteiger partial charge on any atom is -0.370 e. The van der Waals surface area contributed by atoms with Crippen molar-refractivity contribution in [3.63, 3.8) is 0 Å². The van der Waals surface area contributed by atoms with Gasteiger partial charge in [-0.1, -0.05) is 20.8 Å². The minimum atomic E-state index is 0. The first kappa shape index (κ1) is 18.0. The Morgan fingerprint density at radius 1 is 1.50 bits per heavy atom. The van der Waals surface area contributed by atoms with Gasteiger partial charge < -0.3 is 16.0 Å². The average molecular weight is 368 g/mol. The maximum absolute atomic E-state index is 5.82. The van der Waals surface area contributed by atoms with Crippen molar-refractivity contribution in [1.82, 2.24) is 10.2 Å². The molecule has 18 heavy (non-hydrogen) atoms. The highest BCUT2D eigenvalue weighted by molar-refractivity contribution is 14.0. The predicted octanol–water partition coefficient (Wildman–Crippen LogP) is 1.90. The fourth-order valence-electron chi connectivity index (χ4n) is 2.18. The van der Waals surface area contributed by atoms with Crippen LogP contribution in [0.2, 0.25) is 0 Å². The lowest BCUT2D eigenvalue weighted by Crippen LogP contribution is -2.36. The molecule has 1 aliphatic heterocycles. The highest BCUT2D eigenvalue weighted by Gasteiger charge is 2.21. The van der Waals surface area contributed by atoms with E-state index < -0.39 is 0 Å². The lowest BCUT2D eigenvalue weighted by molar-refractivity contribution is 0.324. The molecule has 1 atom stereocenters. The zero-order chi connectivity index (χ0) is 12.7. The molecule has 5 heteroatoms. The molecule has 0 aliphatic carbocycles. The summed E-state index contributed by atoms with van der Waals surface area (Å²) in [5.74, 6) is 1.91. The van der Waals surface area contributed by atoms with Crippen LogP contribution in [0.15, 0.2) is 4.99 Å². The summed E-state index contributed by atoms with van der Waals surface area (Å²) in [5.41, 5.74) is 5.82. The van der Waals surface area contributed by atoms with E-state index in [4.69, 9.17) is 5.73 Å². The molecule has 1 fully saturated rings. The van der Waals surface area contributed by atoms with Gasteiger partial charge in [0.25, 0.3) is 0 Å². The average Bonchev–Trinajstić information content (AvgIpc) is 2.72. The summed E-state index contributed by atoms with van der Waals surface area (Å²) < 4.78 is 0. The van der Waals surface area contributed by atoms with E-state index in [2.05, 4.69) is 36.0 Å². The molecule has 4 nitrogen and oxygen atoms in total. The maximum Gasteiger partial charge on any atom is 0.188 e. The molecule has 1 aliphatic rings. The Kier molecular flexibility index (Phi) is 9.81. The standard InChI is InChI=1S/C13H28N4.HI/c1-4-6-17-7-5-12(10-17)9-16-13(14)15-8-11(2)3;/h11-12H,4-10H2,1-3H3,(H3,14,15,16);1H. The van der Waals surface area contributed by atoms with Crippen molar-refractivity contribution in [1.29, 1.82) is 0 Å². The summed E-state index contributed by atoms with van der Waals surface area (Å²) in [6, 6.07) is 0. The van der Waals surface area contributed by atoms with E-state index in [-0.39, 0.29) is 24.0 Å². The Morgan fingerprint density at radius 3 is 2.83 bits per heavy atom. The van der Waals surface area contributed by atoms with Crippen LogP contribution >= 0.6 is 24.0 Å². The fraction of sp³-hybridized carbons (Fsp3) is 0.923. The van der Waals surface area contributed by atoms with Crippen molar-refractivity contribution in [3.8, 4) is 0 Å². The van der Waals surface area contributed by atoms with Gasteiger partial charge in [-0.15, -0.1) is 24.0 Å². The van der Waals surface area contributed by atoms with Crippen LogP contribution in [0.5, 0.6) is 0 Å². The molecule has 0 aromatic carbocycles. The monoisotopic (exact) mass is 368 g/mol. The van der Waals surface area contributed by atoms with E-state index in [1.807, 2.05) is 0 Å². The number of hydrogen-bond acceptors (Lipinski definition) is 2. The fourth-order valence-corrected chi connectivity index (χ4v) is 2.18. The van der Waals surface area contributed by atoms with Gasteiger partial charge in [-0.3, -0.25) is 4.99 Å². The largest absolute Gasteiger partial charge is 0.370 e. The highest BCUT2D eigenvalue weighted by Crippen LogP contribution is 2.15. The van der Waals surface area contributed by atoms with Gasteiger partial charge in [0.15, 0.2) is 5.96 Å². The molecule has 1 unspecified atom stereocenters. The number of hydrogen-bond donors (Lipinski definition) is 2. The van der Waals surface area contributed by atoms with Gasteiger partial charge in [0.05, 0.1) is 0 Å². The number of nitrogens with two attached hydrogens (primary N) is 1. The van der Waals surface area contributed by atoms with E-state index in [0.29, 0.717) is 11.9 Å². The number of halogens is 1. The smallest absolute Gasteiger partial charge is 0.188 e. The lowest BCUT2D eigenvalue weighted by atomic mass is 10.1. The molecule has 1 rings (SSSR count). The molecule has 3 N–H and O–H groups in total. The molecular formula is C13H29IN4. The van der Waals surface area contributed by atoms with Crippen LogP contribution in [0.1, 0.15) is 33.6 Å². The Labute approximate surface area is 129 Å². The van der Waals surface area contributed by atoms with Crippen molar-refractivity contribution >= 4 is 29.9 Å². The van der Waals surface area contributed by atoms with Crippen molar-refractivity contribution in [2.45, 2.75) is 33.6 Å². The lowest BCUT2D eigenvalue weighted by Gasteiger charge is -2.15. The van der Waals surface area contributed by atoms with Crippen LogP contribution in [-0.2, 0) is 0 Å². The van der Waals surface area contributed by atoms with Crippen LogP contribution in [0.4, 0.5) is 0 Å². The topological polar surface area (TPSA) is 53.6 Å². The summed E-state index contributed by atoms with van der Waals surface area (Å²) >= 11 is 0. The van der Waals surface area contributed by atoms with Gasteiger partial charge in [0.2, 0.25) is 0 Å². The number of guanidine groups is 1. The number of rotatable bonds is 6. The van der Waals surface area contributed by atoms with E-state index >= 15 is 0 Å². The Morgan fingerprint density at radius 2 is 2.22 bits per heavy atom. The highest BCUT2D eigenvalue weighted by atomic mass is 127. The predicted molar refractivity (Wildman–Crippen MR) is 89.6 cm³/mol. The summed E-state index contributed by atoms with van der Waals surface area (Å²) in [6.07, 6.45) is 2.53. The molecule has 0 amide bonds. The van der Waals surface area contributed by atoms with Crippen LogP contribution in [0.3, 0.4) is 0 Å². The zero-order valence-electron chi connectivity index (χ0n) is 12.0. The first-order valence-electron chi connectivity index (χ1n) is 6.88. The van der Waals surface area contributed by atoms with E-state index in [1.165, 1.54) is 32.5 Å². The molecule has 0 aromatic rings. The number of aliphatic imine (C=N–C) groups is 1. The Bertz CT molecular complexity index is 243. The molecule has 0 spiro atoms. The molecule has 0 radical (unpaired) electrons. The molecule has 108 valence electrons. The quantitative estimate of drug-likeness (QED) is 0.428. The third-order valence-corrected chi connectivity index (χ3v) is 3.11.